The van der Waals surface area contributed by atoms with Gasteiger partial charge >= 0.3 is 0 Å². The summed E-state index contributed by atoms with van der Waals surface area (Å²) >= 11 is 0. The predicted molar refractivity (Wildman–Crippen MR) is 183 cm³/mol. The molecule has 0 radical (unpaired) electrons. The average molecular weight is 668 g/mol. The summed E-state index contributed by atoms with van der Waals surface area (Å²) in [6.45, 7) is 13.0. The number of aliphatic hydroxyl groups excluding tert-OH is 2. The molecule has 0 saturated heterocycles. The van der Waals surface area contributed by atoms with Gasteiger partial charge in [-0.3, -0.25) is 4.79 Å². The van der Waals surface area contributed by atoms with Crippen LogP contribution in [-0.2, 0) is 14.6 Å². The minimum Gasteiger partial charge on any atom is -0.441 e. The molecule has 4 aliphatic rings. The van der Waals surface area contributed by atoms with Crippen molar-refractivity contribution in [2.75, 3.05) is 5.75 Å². The van der Waals surface area contributed by atoms with Crippen LogP contribution >= 0.6 is 0 Å². The Kier molecular flexibility index (Phi) is 9.64. The molecule has 1 aromatic carbocycles. The summed E-state index contributed by atoms with van der Waals surface area (Å²) in [4.78, 5) is 17.3. The van der Waals surface area contributed by atoms with Crippen molar-refractivity contribution in [1.82, 2.24) is 4.98 Å². The van der Waals surface area contributed by atoms with E-state index in [0.29, 0.717) is 59.1 Å². The number of hydrogen-bond donors (Lipinski definition) is 2. The lowest BCUT2D eigenvalue weighted by atomic mass is 9.41. The Hall–Kier alpha value is -2.03. The van der Waals surface area contributed by atoms with E-state index in [4.69, 9.17) is 4.42 Å². The molecule has 0 spiro atoms. The molecule has 7 nitrogen and oxygen atoms in total. The van der Waals surface area contributed by atoms with Crippen LogP contribution in [0, 0.1) is 66.1 Å². The zero-order valence-electron chi connectivity index (χ0n) is 29.4. The molecule has 0 unspecified atom stereocenters. The van der Waals surface area contributed by atoms with Crippen LogP contribution in [0.25, 0.3) is 11.3 Å². The molecule has 2 N–H and O–H groups in total. The number of oxazole rings is 1. The number of rotatable bonds is 10. The summed E-state index contributed by atoms with van der Waals surface area (Å²) in [7, 11) is -3.75. The van der Waals surface area contributed by atoms with E-state index in [1.54, 1.807) is 38.2 Å². The predicted octanol–water partition coefficient (Wildman–Crippen LogP) is 7.73. The van der Waals surface area contributed by atoms with Gasteiger partial charge in [-0.1, -0.05) is 40.5 Å². The second kappa shape index (κ2) is 13.0. The topological polar surface area (TPSA) is 118 Å². The number of hydrogen-bond acceptors (Lipinski definition) is 7. The summed E-state index contributed by atoms with van der Waals surface area (Å²) in [5.41, 5.74) is 1.73. The monoisotopic (exact) mass is 667 g/mol. The highest BCUT2D eigenvalue weighted by Gasteiger charge is 2.64. The molecule has 0 bridgehead atoms. The first-order valence-corrected chi connectivity index (χ1v) is 20.0. The molecule has 8 heteroatoms. The van der Waals surface area contributed by atoms with Gasteiger partial charge in [0.05, 0.1) is 23.3 Å². The highest BCUT2D eigenvalue weighted by atomic mass is 32.2. The van der Waals surface area contributed by atoms with Gasteiger partial charge in [-0.15, -0.1) is 0 Å². The maximum Gasteiger partial charge on any atom is 0.191 e. The second-order valence-electron chi connectivity index (χ2n) is 16.5. The van der Waals surface area contributed by atoms with Crippen LogP contribution in [0.4, 0.5) is 0 Å². The summed E-state index contributed by atoms with van der Waals surface area (Å²) in [5.74, 6) is 3.46. The normalized spacial score (nSPS) is 37.5. The van der Waals surface area contributed by atoms with Crippen LogP contribution in [0.3, 0.4) is 0 Å². The van der Waals surface area contributed by atoms with Crippen molar-refractivity contribution in [2.45, 2.75) is 129 Å². The molecule has 0 amide bonds. The summed E-state index contributed by atoms with van der Waals surface area (Å²) < 4.78 is 32.1. The van der Waals surface area contributed by atoms with Crippen LogP contribution in [0.5, 0.6) is 0 Å². The van der Waals surface area contributed by atoms with Crippen LogP contribution in [0.15, 0.2) is 33.7 Å². The minimum absolute atomic E-state index is 0.179. The van der Waals surface area contributed by atoms with Crippen molar-refractivity contribution in [3.8, 4) is 11.3 Å². The lowest BCUT2D eigenvalue weighted by molar-refractivity contribution is -0.203. The van der Waals surface area contributed by atoms with Crippen molar-refractivity contribution in [3.05, 3.63) is 35.9 Å². The molecule has 4 fully saturated rings. The van der Waals surface area contributed by atoms with E-state index in [9.17, 15) is 23.4 Å². The van der Waals surface area contributed by atoms with E-state index in [2.05, 4.69) is 32.7 Å². The first-order valence-electron chi connectivity index (χ1n) is 18.3. The van der Waals surface area contributed by atoms with Crippen LogP contribution in [0.2, 0.25) is 0 Å². The number of ketones is 1. The van der Waals surface area contributed by atoms with E-state index in [1.165, 1.54) is 12.8 Å². The molecular formula is C39H57NO6S. The Morgan fingerprint density at radius 2 is 1.77 bits per heavy atom. The van der Waals surface area contributed by atoms with Crippen LogP contribution < -0.4 is 0 Å². The molecule has 4 aliphatic carbocycles. The molecular weight excluding hydrogens is 610 g/mol. The largest absolute Gasteiger partial charge is 0.441 e. The van der Waals surface area contributed by atoms with Crippen LogP contribution in [0.1, 0.15) is 110 Å². The fraction of sp³-hybridized carbons (Fsp3) is 0.744. The van der Waals surface area contributed by atoms with Gasteiger partial charge in [0.1, 0.15) is 11.5 Å². The smallest absolute Gasteiger partial charge is 0.191 e. The van der Waals surface area contributed by atoms with E-state index in [-0.39, 0.29) is 46.1 Å². The fourth-order valence-corrected chi connectivity index (χ4v) is 13.3. The quantitative estimate of drug-likeness (QED) is 0.266. The molecule has 11 atom stereocenters. The van der Waals surface area contributed by atoms with Gasteiger partial charge in [0.2, 0.25) is 0 Å². The van der Waals surface area contributed by atoms with Gasteiger partial charge in [-0.2, -0.15) is 0 Å². The summed E-state index contributed by atoms with van der Waals surface area (Å²) in [6, 6.07) is 5.06. The lowest BCUT2D eigenvalue weighted by Crippen LogP contribution is -2.62. The SMILES string of the molecule is CC[C@H]1[C@@H](O)[C@@H]2[C@H](CC[C@]3(C)[C@@H]([C@H](C)CCCC(=O)CS(=O)(=O)c4ccc(-c5cnc(C)o5)cc4C)CC[C@@H]23)[C@@]2(C)CC[C@@H](O)C[C@@H]12. The van der Waals surface area contributed by atoms with Gasteiger partial charge in [-0.25, -0.2) is 13.4 Å². The molecule has 47 heavy (non-hydrogen) atoms. The number of aliphatic hydroxyl groups is 2. The number of benzene rings is 1. The average Bonchev–Trinajstić information content (AvgIpc) is 3.60. The molecule has 1 aromatic heterocycles. The Labute approximate surface area is 282 Å². The number of sulfone groups is 1. The van der Waals surface area contributed by atoms with Gasteiger partial charge < -0.3 is 14.6 Å². The number of aryl methyl sites for hydroxylation is 2. The van der Waals surface area contributed by atoms with Gasteiger partial charge in [0.25, 0.3) is 0 Å². The fourth-order valence-electron chi connectivity index (χ4n) is 11.8. The number of nitrogens with zero attached hydrogens (tertiary/aromatic N) is 1. The number of carbonyl (C=O) groups excluding carboxylic acids is 1. The van der Waals surface area contributed by atoms with E-state index in [1.807, 2.05) is 0 Å². The van der Waals surface area contributed by atoms with Crippen molar-refractivity contribution in [1.29, 1.82) is 0 Å². The molecule has 4 saturated carbocycles. The van der Waals surface area contributed by atoms with Crippen molar-refractivity contribution in [3.63, 3.8) is 0 Å². The first-order chi connectivity index (χ1) is 22.2. The van der Waals surface area contributed by atoms with Gasteiger partial charge in [-0.05, 0) is 134 Å². The standard InChI is InChI=1S/C39H57NO6S/c1-7-29-33-20-27(41)15-17-39(33,6)32-16-18-38(5)30(12-13-31(38)36(32)37(29)43)23(2)9-8-10-28(42)22-47(44,45)35-14-11-26(19-24(35)3)34-21-40-25(4)46-34/h11,14,19,21,23,27,29-33,36-37,41,43H,7-10,12-13,15-18,20,22H2,1-6H3/t23-,27-,29-,30-,31+,32+,33+,36+,37-,38-,39-/m1/s1. The Morgan fingerprint density at radius 3 is 2.45 bits per heavy atom. The summed E-state index contributed by atoms with van der Waals surface area (Å²) in [5, 5.41) is 22.6. The molecule has 6 rings (SSSR count). The van der Waals surface area contributed by atoms with Gasteiger partial charge in [0.15, 0.2) is 21.5 Å². The molecule has 0 aliphatic heterocycles. The second-order valence-corrected chi connectivity index (χ2v) is 18.5. The van der Waals surface area contributed by atoms with Crippen molar-refractivity contribution >= 4 is 15.6 Å². The van der Waals surface area contributed by atoms with Crippen molar-refractivity contribution in [2.24, 2.45) is 52.3 Å². The van der Waals surface area contributed by atoms with E-state index >= 15 is 0 Å². The minimum atomic E-state index is -3.75. The third-order valence-electron chi connectivity index (χ3n) is 14.0. The number of carbonyl (C=O) groups is 1. The maximum absolute atomic E-state index is 13.2. The molecule has 1 heterocycles. The zero-order chi connectivity index (χ0) is 33.9. The van der Waals surface area contributed by atoms with Crippen LogP contribution in [-0.4, -0.2) is 47.4 Å². The summed E-state index contributed by atoms with van der Waals surface area (Å²) in [6.07, 6.45) is 11.4. The molecule has 2 aromatic rings. The highest BCUT2D eigenvalue weighted by Crippen LogP contribution is 2.69. The Morgan fingerprint density at radius 1 is 1.04 bits per heavy atom. The number of Topliss-reactive ketones (excluding diaryl/α,β-unsaturated/α-hetero) is 1. The highest BCUT2D eigenvalue weighted by molar-refractivity contribution is 7.92. The molecule has 260 valence electrons. The number of aromatic nitrogens is 1. The maximum atomic E-state index is 13.2. The zero-order valence-corrected chi connectivity index (χ0v) is 30.2. The number of fused-ring (bicyclic) bond motifs is 5. The third-order valence-corrected chi connectivity index (χ3v) is 15.9. The Balaban J connectivity index is 1.06. The van der Waals surface area contributed by atoms with Crippen molar-refractivity contribution < 1.29 is 27.8 Å². The Bertz CT molecular complexity index is 1570. The lowest BCUT2D eigenvalue weighted by Gasteiger charge is -2.64. The van der Waals surface area contributed by atoms with Gasteiger partial charge in [0, 0.05) is 18.9 Å². The van der Waals surface area contributed by atoms with E-state index < -0.39 is 15.6 Å². The first kappa shape index (κ1) is 34.8. The third kappa shape index (κ3) is 6.18. The van der Waals surface area contributed by atoms with E-state index in [0.717, 1.165) is 50.5 Å².